The summed E-state index contributed by atoms with van der Waals surface area (Å²) < 4.78 is 5.89. The minimum atomic E-state index is -0.686. The van der Waals surface area contributed by atoms with Crippen molar-refractivity contribution >= 4 is 17.3 Å². The highest BCUT2D eigenvalue weighted by Crippen LogP contribution is 2.42. The number of fused-ring (bicyclic) bond motifs is 1. The van der Waals surface area contributed by atoms with E-state index in [1.165, 1.54) is 0 Å². The highest BCUT2D eigenvalue weighted by molar-refractivity contribution is 6.03. The minimum absolute atomic E-state index is 0.0166. The van der Waals surface area contributed by atoms with Crippen LogP contribution in [0.1, 0.15) is 18.1 Å². The zero-order valence-electron chi connectivity index (χ0n) is 12.1. The molecule has 1 unspecified atom stereocenters. The van der Waals surface area contributed by atoms with Gasteiger partial charge in [0.2, 0.25) is 6.10 Å². The number of hydrogen-bond donors (Lipinski definition) is 2. The van der Waals surface area contributed by atoms with Crippen molar-refractivity contribution in [2.75, 3.05) is 23.8 Å². The van der Waals surface area contributed by atoms with E-state index in [0.717, 1.165) is 5.56 Å². The summed E-state index contributed by atoms with van der Waals surface area (Å²) >= 11 is 0. The fourth-order valence-corrected chi connectivity index (χ4v) is 2.64. The first-order chi connectivity index (χ1) is 10.7. The van der Waals surface area contributed by atoms with Gasteiger partial charge in [0.25, 0.3) is 5.91 Å². The summed E-state index contributed by atoms with van der Waals surface area (Å²) in [5, 5.41) is 9.08. The molecule has 2 aromatic rings. The first-order valence-electron chi connectivity index (χ1n) is 7.24. The predicted molar refractivity (Wildman–Crippen MR) is 84.7 cm³/mol. The maximum absolute atomic E-state index is 12.8. The first-order valence-corrected chi connectivity index (χ1v) is 7.24. The monoisotopic (exact) mass is 298 g/mol. The molecule has 0 fully saturated rings. The fraction of sp³-hybridized carbons (Fsp3) is 0.235. The van der Waals surface area contributed by atoms with Crippen molar-refractivity contribution in [3.8, 4) is 5.75 Å². The number of nitrogens with zero attached hydrogens (tertiary/aromatic N) is 1. The molecular formula is C17H18N2O3. The van der Waals surface area contributed by atoms with Crippen molar-refractivity contribution in [2.45, 2.75) is 12.5 Å². The van der Waals surface area contributed by atoms with E-state index >= 15 is 0 Å². The van der Waals surface area contributed by atoms with Gasteiger partial charge in [-0.2, -0.15) is 0 Å². The summed E-state index contributed by atoms with van der Waals surface area (Å²) in [6.45, 7) is 0.423. The zero-order chi connectivity index (χ0) is 15.5. The number of nitrogen functional groups attached to an aromatic ring is 1. The summed E-state index contributed by atoms with van der Waals surface area (Å²) in [4.78, 5) is 14.4. The molecule has 2 aromatic carbocycles. The van der Waals surface area contributed by atoms with E-state index in [-0.39, 0.29) is 12.5 Å². The number of aliphatic hydroxyl groups is 1. The molecule has 3 N–H and O–H groups in total. The second-order valence-electron chi connectivity index (χ2n) is 5.17. The fourth-order valence-electron chi connectivity index (χ4n) is 2.64. The molecule has 22 heavy (non-hydrogen) atoms. The number of para-hydroxylation sites is 1. The van der Waals surface area contributed by atoms with E-state index in [0.29, 0.717) is 30.1 Å². The van der Waals surface area contributed by atoms with Gasteiger partial charge in [-0.05, 0) is 18.6 Å². The normalized spacial score (nSPS) is 17.0. The van der Waals surface area contributed by atoms with E-state index in [1.54, 1.807) is 23.1 Å². The van der Waals surface area contributed by atoms with Crippen LogP contribution in [0.15, 0.2) is 48.5 Å². The Morgan fingerprint density at radius 2 is 1.91 bits per heavy atom. The lowest BCUT2D eigenvalue weighted by molar-refractivity contribution is -0.126. The molecule has 114 valence electrons. The number of rotatable bonds is 4. The Labute approximate surface area is 128 Å². The Morgan fingerprint density at radius 3 is 2.64 bits per heavy atom. The van der Waals surface area contributed by atoms with Gasteiger partial charge in [0.05, 0.1) is 5.69 Å². The summed E-state index contributed by atoms with van der Waals surface area (Å²) in [6, 6.07) is 14.7. The number of carbonyl (C=O) groups is 1. The van der Waals surface area contributed by atoms with Gasteiger partial charge >= 0.3 is 0 Å². The molecule has 1 aliphatic heterocycles. The molecule has 0 radical (unpaired) electrons. The molecule has 5 nitrogen and oxygen atoms in total. The number of benzene rings is 2. The summed E-state index contributed by atoms with van der Waals surface area (Å²) in [7, 11) is 0. The van der Waals surface area contributed by atoms with Crippen LogP contribution in [0.25, 0.3) is 0 Å². The third-order valence-corrected chi connectivity index (χ3v) is 3.68. The number of carbonyl (C=O) groups excluding carboxylic acids is 1. The van der Waals surface area contributed by atoms with E-state index < -0.39 is 6.10 Å². The molecule has 3 rings (SSSR count). The third-order valence-electron chi connectivity index (χ3n) is 3.68. The molecule has 0 aliphatic carbocycles. The lowest BCUT2D eigenvalue weighted by Crippen LogP contribution is -2.42. The molecule has 1 aliphatic rings. The maximum atomic E-state index is 12.8. The van der Waals surface area contributed by atoms with E-state index in [2.05, 4.69) is 0 Å². The molecule has 0 saturated carbocycles. The van der Waals surface area contributed by atoms with E-state index in [1.807, 2.05) is 30.3 Å². The Hall–Kier alpha value is -2.53. The molecule has 5 heteroatoms. The molecule has 0 saturated heterocycles. The van der Waals surface area contributed by atoms with Crippen molar-refractivity contribution < 1.29 is 14.6 Å². The van der Waals surface area contributed by atoms with Crippen LogP contribution in [-0.4, -0.2) is 24.2 Å². The molecular weight excluding hydrogens is 280 g/mol. The quantitative estimate of drug-likeness (QED) is 0.848. The van der Waals surface area contributed by atoms with Crippen molar-refractivity contribution in [3.63, 3.8) is 0 Å². The van der Waals surface area contributed by atoms with Crippen molar-refractivity contribution in [1.82, 2.24) is 0 Å². The van der Waals surface area contributed by atoms with E-state index in [4.69, 9.17) is 15.6 Å². The van der Waals surface area contributed by atoms with Crippen LogP contribution in [0, 0.1) is 0 Å². The average Bonchev–Trinajstić information content (AvgIpc) is 2.55. The number of anilines is 2. The Kier molecular flexibility index (Phi) is 3.98. The largest absolute Gasteiger partial charge is 0.474 e. The van der Waals surface area contributed by atoms with Gasteiger partial charge in [0.15, 0.2) is 0 Å². The van der Waals surface area contributed by atoms with Gasteiger partial charge < -0.3 is 20.5 Å². The number of hydrogen-bond acceptors (Lipinski definition) is 4. The van der Waals surface area contributed by atoms with Gasteiger partial charge in [-0.25, -0.2) is 0 Å². The van der Waals surface area contributed by atoms with Crippen LogP contribution < -0.4 is 15.4 Å². The van der Waals surface area contributed by atoms with Crippen molar-refractivity contribution in [1.29, 1.82) is 0 Å². The van der Waals surface area contributed by atoms with Crippen LogP contribution in [0.5, 0.6) is 5.75 Å². The number of nitrogens with two attached hydrogens (primary N) is 1. The molecule has 0 bridgehead atoms. The molecule has 0 aromatic heterocycles. The smallest absolute Gasteiger partial charge is 0.272 e. The molecule has 1 heterocycles. The number of aliphatic hydroxyl groups excluding tert-OH is 1. The molecule has 0 spiro atoms. The lowest BCUT2D eigenvalue weighted by Gasteiger charge is -2.35. The summed E-state index contributed by atoms with van der Waals surface area (Å²) in [5.41, 5.74) is 7.90. The predicted octanol–water partition coefficient (Wildman–Crippen LogP) is 2.12. The summed E-state index contributed by atoms with van der Waals surface area (Å²) in [5.74, 6) is 0.427. The number of amides is 1. The highest BCUT2D eigenvalue weighted by Gasteiger charge is 2.36. The van der Waals surface area contributed by atoms with E-state index in [9.17, 15) is 4.79 Å². The zero-order valence-corrected chi connectivity index (χ0v) is 12.1. The van der Waals surface area contributed by atoms with Gasteiger partial charge in [0, 0.05) is 18.7 Å². The van der Waals surface area contributed by atoms with Crippen molar-refractivity contribution in [3.05, 3.63) is 54.1 Å². The van der Waals surface area contributed by atoms with Gasteiger partial charge in [-0.3, -0.25) is 4.79 Å². The minimum Gasteiger partial charge on any atom is -0.474 e. The average molecular weight is 298 g/mol. The Bertz CT molecular complexity index is 673. The topological polar surface area (TPSA) is 75.8 Å². The standard InChI is InChI=1S/C17H18N2O3/c18-13-8-4-9-14-15(13)19(10-5-11-20)17(21)16(22-14)12-6-2-1-3-7-12/h1-4,6-9,16,20H,5,10-11,18H2. The molecule has 1 amide bonds. The van der Waals surface area contributed by atoms with Crippen LogP contribution in [0.2, 0.25) is 0 Å². The molecule has 1 atom stereocenters. The first kappa shape index (κ1) is 14.4. The maximum Gasteiger partial charge on any atom is 0.272 e. The second kappa shape index (κ2) is 6.07. The van der Waals surface area contributed by atoms with Crippen LogP contribution in [0.3, 0.4) is 0 Å². The second-order valence-corrected chi connectivity index (χ2v) is 5.17. The lowest BCUT2D eigenvalue weighted by atomic mass is 10.0. The SMILES string of the molecule is Nc1cccc2c1N(CCCO)C(=O)C(c1ccccc1)O2. The Balaban J connectivity index is 2.03. The van der Waals surface area contributed by atoms with Crippen LogP contribution in [0.4, 0.5) is 11.4 Å². The van der Waals surface area contributed by atoms with Crippen LogP contribution in [-0.2, 0) is 4.79 Å². The third kappa shape index (κ3) is 2.51. The van der Waals surface area contributed by atoms with Crippen molar-refractivity contribution in [2.24, 2.45) is 0 Å². The van der Waals surface area contributed by atoms with Gasteiger partial charge in [-0.15, -0.1) is 0 Å². The van der Waals surface area contributed by atoms with Crippen LogP contribution >= 0.6 is 0 Å². The Morgan fingerprint density at radius 1 is 1.14 bits per heavy atom. The summed E-state index contributed by atoms with van der Waals surface area (Å²) in [6.07, 6.45) is -0.199. The highest BCUT2D eigenvalue weighted by atomic mass is 16.5. The van der Waals surface area contributed by atoms with Gasteiger partial charge in [-0.1, -0.05) is 36.4 Å². The number of ether oxygens (including phenoxy) is 1. The van der Waals surface area contributed by atoms with Gasteiger partial charge in [0.1, 0.15) is 11.4 Å².